The molecule has 132 valence electrons. The Labute approximate surface area is 153 Å². The van der Waals surface area contributed by atoms with Crippen molar-refractivity contribution in [3.05, 3.63) is 84.1 Å². The van der Waals surface area contributed by atoms with Crippen molar-refractivity contribution in [3.63, 3.8) is 0 Å². The van der Waals surface area contributed by atoms with E-state index < -0.39 is 0 Å². The summed E-state index contributed by atoms with van der Waals surface area (Å²) in [4.78, 5) is 16.6. The van der Waals surface area contributed by atoms with Gasteiger partial charge >= 0.3 is 0 Å². The molecule has 26 heavy (non-hydrogen) atoms. The lowest BCUT2D eigenvalue weighted by Gasteiger charge is -2.08. The van der Waals surface area contributed by atoms with Crippen molar-refractivity contribution in [2.45, 2.75) is 13.5 Å². The number of carbonyl (C=O) groups is 1. The lowest BCUT2D eigenvalue weighted by molar-refractivity contribution is 0.102. The molecule has 1 amide bonds. The smallest absolute Gasteiger partial charge is 0.257 e. The molecule has 0 aliphatic carbocycles. The second-order valence-electron chi connectivity index (χ2n) is 5.68. The van der Waals surface area contributed by atoms with Crippen LogP contribution in [0.1, 0.15) is 22.8 Å². The Hall–Kier alpha value is -3.34. The van der Waals surface area contributed by atoms with Crippen LogP contribution in [0.25, 0.3) is 0 Å². The summed E-state index contributed by atoms with van der Waals surface area (Å²) in [5.74, 6) is 1.31. The van der Waals surface area contributed by atoms with Gasteiger partial charge in [-0.2, -0.15) is 0 Å². The van der Waals surface area contributed by atoms with Crippen LogP contribution in [0.5, 0.6) is 5.75 Å². The number of pyridine rings is 1. The van der Waals surface area contributed by atoms with Gasteiger partial charge in [0.05, 0.1) is 12.2 Å². The van der Waals surface area contributed by atoms with Crippen LogP contribution in [0.2, 0.25) is 0 Å². The van der Waals surface area contributed by atoms with Gasteiger partial charge in [-0.1, -0.05) is 30.3 Å². The van der Waals surface area contributed by atoms with Gasteiger partial charge in [0, 0.05) is 18.4 Å². The third kappa shape index (κ3) is 4.83. The van der Waals surface area contributed by atoms with E-state index in [0.29, 0.717) is 24.4 Å². The number of nitrogens with zero attached hydrogens (tertiary/aromatic N) is 1. The highest BCUT2D eigenvalue weighted by atomic mass is 16.5. The van der Waals surface area contributed by atoms with E-state index in [1.54, 1.807) is 18.3 Å². The third-order valence-corrected chi connectivity index (χ3v) is 3.77. The molecule has 5 heteroatoms. The van der Waals surface area contributed by atoms with Crippen LogP contribution in [0.15, 0.2) is 72.9 Å². The van der Waals surface area contributed by atoms with Crippen molar-refractivity contribution in [1.82, 2.24) is 4.98 Å². The number of ether oxygens (including phenoxy) is 1. The van der Waals surface area contributed by atoms with Gasteiger partial charge in [0.15, 0.2) is 0 Å². The first-order valence-electron chi connectivity index (χ1n) is 8.52. The quantitative estimate of drug-likeness (QED) is 0.667. The number of aromatic nitrogens is 1. The maximum absolute atomic E-state index is 12.3. The van der Waals surface area contributed by atoms with E-state index in [1.165, 1.54) is 5.56 Å². The lowest BCUT2D eigenvalue weighted by Crippen LogP contribution is -2.12. The fraction of sp³-hybridized carbons (Fsp3) is 0.143. The second-order valence-corrected chi connectivity index (χ2v) is 5.68. The van der Waals surface area contributed by atoms with Crippen LogP contribution < -0.4 is 15.4 Å². The Balaban J connectivity index is 1.56. The zero-order valence-corrected chi connectivity index (χ0v) is 14.6. The molecule has 5 nitrogen and oxygen atoms in total. The van der Waals surface area contributed by atoms with Crippen molar-refractivity contribution in [3.8, 4) is 5.75 Å². The van der Waals surface area contributed by atoms with Gasteiger partial charge in [-0.15, -0.1) is 0 Å². The molecule has 0 saturated heterocycles. The second kappa shape index (κ2) is 8.67. The van der Waals surface area contributed by atoms with E-state index in [0.717, 1.165) is 11.6 Å². The molecule has 0 fully saturated rings. The van der Waals surface area contributed by atoms with E-state index in [4.69, 9.17) is 4.74 Å². The van der Waals surface area contributed by atoms with Crippen LogP contribution in [-0.2, 0) is 6.54 Å². The summed E-state index contributed by atoms with van der Waals surface area (Å²) in [6.07, 6.45) is 1.57. The van der Waals surface area contributed by atoms with E-state index in [2.05, 4.69) is 15.6 Å². The summed E-state index contributed by atoms with van der Waals surface area (Å²) in [5.41, 5.74) is 2.39. The van der Waals surface area contributed by atoms with Gasteiger partial charge in [-0.25, -0.2) is 4.98 Å². The van der Waals surface area contributed by atoms with Gasteiger partial charge < -0.3 is 15.4 Å². The molecule has 0 unspecified atom stereocenters. The van der Waals surface area contributed by atoms with Crippen LogP contribution in [0.4, 0.5) is 11.5 Å². The first kappa shape index (κ1) is 17.5. The van der Waals surface area contributed by atoms with Gasteiger partial charge in [-0.05, 0) is 48.9 Å². The minimum absolute atomic E-state index is 0.198. The summed E-state index contributed by atoms with van der Waals surface area (Å²) in [6.45, 7) is 3.23. The summed E-state index contributed by atoms with van der Waals surface area (Å²) in [5, 5.41) is 6.09. The Morgan fingerprint density at radius 1 is 1.00 bits per heavy atom. The Morgan fingerprint density at radius 2 is 1.77 bits per heavy atom. The van der Waals surface area contributed by atoms with E-state index in [1.807, 2.05) is 61.5 Å². The molecule has 0 saturated carbocycles. The summed E-state index contributed by atoms with van der Waals surface area (Å²) in [7, 11) is 0. The molecule has 3 rings (SSSR count). The molecule has 2 aromatic carbocycles. The van der Waals surface area contributed by atoms with Crippen LogP contribution in [-0.4, -0.2) is 17.5 Å². The molecule has 2 N–H and O–H groups in total. The summed E-state index contributed by atoms with van der Waals surface area (Å²) >= 11 is 0. The largest absolute Gasteiger partial charge is 0.494 e. The van der Waals surface area contributed by atoms with Gasteiger partial charge in [0.1, 0.15) is 11.6 Å². The fourth-order valence-electron chi connectivity index (χ4n) is 2.43. The highest BCUT2D eigenvalue weighted by Gasteiger charge is 2.07. The minimum atomic E-state index is -0.198. The first-order valence-corrected chi connectivity index (χ1v) is 8.52. The average molecular weight is 347 g/mol. The minimum Gasteiger partial charge on any atom is -0.494 e. The Morgan fingerprint density at radius 3 is 2.42 bits per heavy atom. The van der Waals surface area contributed by atoms with Crippen molar-refractivity contribution < 1.29 is 9.53 Å². The van der Waals surface area contributed by atoms with Gasteiger partial charge in [0.2, 0.25) is 0 Å². The zero-order valence-electron chi connectivity index (χ0n) is 14.6. The van der Waals surface area contributed by atoms with Gasteiger partial charge in [-0.3, -0.25) is 4.79 Å². The van der Waals surface area contributed by atoms with Crippen molar-refractivity contribution in [1.29, 1.82) is 0 Å². The van der Waals surface area contributed by atoms with Gasteiger partial charge in [0.25, 0.3) is 5.91 Å². The predicted octanol–water partition coefficient (Wildman–Crippen LogP) is 4.34. The number of rotatable bonds is 7. The Bertz CT molecular complexity index is 831. The van der Waals surface area contributed by atoms with Crippen LogP contribution >= 0.6 is 0 Å². The molecule has 1 aromatic heterocycles. The van der Waals surface area contributed by atoms with Crippen LogP contribution in [0.3, 0.4) is 0 Å². The van der Waals surface area contributed by atoms with Crippen molar-refractivity contribution in [2.75, 3.05) is 17.2 Å². The molecular formula is C21H21N3O2. The molecule has 0 radical (unpaired) electrons. The third-order valence-electron chi connectivity index (χ3n) is 3.77. The molecule has 0 atom stereocenters. The number of hydrogen-bond acceptors (Lipinski definition) is 4. The molecular weight excluding hydrogens is 326 g/mol. The predicted molar refractivity (Wildman–Crippen MR) is 104 cm³/mol. The highest BCUT2D eigenvalue weighted by molar-refractivity contribution is 6.04. The maximum Gasteiger partial charge on any atom is 0.257 e. The van der Waals surface area contributed by atoms with Crippen molar-refractivity contribution in [2.24, 2.45) is 0 Å². The maximum atomic E-state index is 12.3. The standard InChI is InChI=1S/C21H21N3O2/c1-2-26-19-11-9-18(10-12-19)24-21(25)17-8-13-20(23-15-17)22-14-16-6-4-3-5-7-16/h3-13,15H,2,14H2,1H3,(H,22,23)(H,24,25). The monoisotopic (exact) mass is 347 g/mol. The highest BCUT2D eigenvalue weighted by Crippen LogP contribution is 2.16. The topological polar surface area (TPSA) is 63.2 Å². The summed E-state index contributed by atoms with van der Waals surface area (Å²) in [6, 6.07) is 20.9. The SMILES string of the molecule is CCOc1ccc(NC(=O)c2ccc(NCc3ccccc3)nc2)cc1. The van der Waals surface area contributed by atoms with E-state index in [-0.39, 0.29) is 5.91 Å². The van der Waals surface area contributed by atoms with E-state index in [9.17, 15) is 4.79 Å². The number of hydrogen-bond donors (Lipinski definition) is 2. The fourth-order valence-corrected chi connectivity index (χ4v) is 2.43. The number of anilines is 2. The first-order chi connectivity index (χ1) is 12.7. The molecule has 0 spiro atoms. The normalized spacial score (nSPS) is 10.2. The van der Waals surface area contributed by atoms with Crippen molar-refractivity contribution >= 4 is 17.4 Å². The molecule has 0 aliphatic heterocycles. The number of benzene rings is 2. The number of nitrogens with one attached hydrogen (secondary N) is 2. The molecule has 0 bridgehead atoms. The molecule has 1 heterocycles. The number of carbonyl (C=O) groups excluding carboxylic acids is 1. The Kier molecular flexibility index (Phi) is 5.83. The summed E-state index contributed by atoms with van der Waals surface area (Å²) < 4.78 is 5.39. The molecule has 3 aromatic rings. The average Bonchev–Trinajstić information content (AvgIpc) is 2.69. The van der Waals surface area contributed by atoms with Crippen LogP contribution in [0, 0.1) is 0 Å². The lowest BCUT2D eigenvalue weighted by atomic mass is 10.2. The molecule has 0 aliphatic rings. The van der Waals surface area contributed by atoms with E-state index >= 15 is 0 Å². The number of amides is 1. The zero-order chi connectivity index (χ0) is 18.2.